The fourth-order valence-corrected chi connectivity index (χ4v) is 2.58. The first-order valence-electron chi connectivity index (χ1n) is 5.72. The first-order valence-corrected chi connectivity index (χ1v) is 7.30. The standard InChI is InChI=1S/C14H10Br2F3N/c1-7-4-10(16)12(18)5-13(7)20-6-8-11(17)3-2-9(15)14(8)19/h2-5,20H,6H2,1H3. The summed E-state index contributed by atoms with van der Waals surface area (Å²) < 4.78 is 41.4. The molecule has 0 saturated heterocycles. The van der Waals surface area contributed by atoms with E-state index in [-0.39, 0.29) is 16.6 Å². The lowest BCUT2D eigenvalue weighted by Crippen LogP contribution is -2.06. The number of rotatable bonds is 3. The van der Waals surface area contributed by atoms with Crippen molar-refractivity contribution in [2.24, 2.45) is 0 Å². The highest BCUT2D eigenvalue weighted by atomic mass is 79.9. The van der Waals surface area contributed by atoms with Gasteiger partial charge in [-0.05, 0) is 68.6 Å². The molecule has 0 aliphatic heterocycles. The number of nitrogens with one attached hydrogen (secondary N) is 1. The number of hydrogen-bond acceptors (Lipinski definition) is 1. The molecule has 2 aromatic rings. The fraction of sp³-hybridized carbons (Fsp3) is 0.143. The minimum atomic E-state index is -0.660. The minimum Gasteiger partial charge on any atom is -0.380 e. The Hall–Kier alpha value is -1.01. The minimum absolute atomic E-state index is 0.0704. The Morgan fingerprint density at radius 3 is 2.40 bits per heavy atom. The van der Waals surface area contributed by atoms with Crippen LogP contribution in [0.3, 0.4) is 0 Å². The third-order valence-corrected chi connectivity index (χ3v) is 4.08. The van der Waals surface area contributed by atoms with Gasteiger partial charge < -0.3 is 5.32 Å². The average Bonchev–Trinajstić information content (AvgIpc) is 2.40. The highest BCUT2D eigenvalue weighted by molar-refractivity contribution is 9.10. The van der Waals surface area contributed by atoms with Gasteiger partial charge >= 0.3 is 0 Å². The number of halogens is 5. The third-order valence-electron chi connectivity index (χ3n) is 2.86. The molecule has 0 amide bonds. The second-order valence-electron chi connectivity index (χ2n) is 4.26. The first kappa shape index (κ1) is 15.4. The molecule has 106 valence electrons. The van der Waals surface area contributed by atoms with Crippen LogP contribution in [-0.2, 0) is 6.54 Å². The monoisotopic (exact) mass is 407 g/mol. The highest BCUT2D eigenvalue weighted by Crippen LogP contribution is 2.26. The molecule has 0 heterocycles. The molecule has 0 saturated carbocycles. The van der Waals surface area contributed by atoms with Gasteiger partial charge in [-0.15, -0.1) is 0 Å². The Balaban J connectivity index is 2.26. The van der Waals surface area contributed by atoms with Crippen LogP contribution in [0.15, 0.2) is 33.2 Å². The molecule has 0 aromatic heterocycles. The zero-order chi connectivity index (χ0) is 14.9. The molecule has 20 heavy (non-hydrogen) atoms. The van der Waals surface area contributed by atoms with E-state index in [2.05, 4.69) is 37.2 Å². The van der Waals surface area contributed by atoms with Crippen molar-refractivity contribution in [3.63, 3.8) is 0 Å². The van der Waals surface area contributed by atoms with E-state index in [4.69, 9.17) is 0 Å². The zero-order valence-corrected chi connectivity index (χ0v) is 13.6. The van der Waals surface area contributed by atoms with Crippen molar-refractivity contribution in [1.29, 1.82) is 0 Å². The Morgan fingerprint density at radius 2 is 1.70 bits per heavy atom. The first-order chi connectivity index (χ1) is 9.40. The Labute approximate surface area is 131 Å². The molecule has 0 atom stereocenters. The summed E-state index contributed by atoms with van der Waals surface area (Å²) in [6.45, 7) is 1.71. The molecule has 2 rings (SSSR count). The van der Waals surface area contributed by atoms with Crippen LogP contribution < -0.4 is 5.32 Å². The lowest BCUT2D eigenvalue weighted by molar-refractivity contribution is 0.555. The fourth-order valence-electron chi connectivity index (χ4n) is 1.75. The van der Waals surface area contributed by atoms with Crippen molar-refractivity contribution in [3.05, 3.63) is 61.8 Å². The van der Waals surface area contributed by atoms with E-state index in [0.717, 1.165) is 5.56 Å². The van der Waals surface area contributed by atoms with Crippen molar-refractivity contribution in [2.45, 2.75) is 13.5 Å². The molecule has 1 nitrogen and oxygen atoms in total. The van der Waals surface area contributed by atoms with Gasteiger partial charge in [0.1, 0.15) is 17.5 Å². The summed E-state index contributed by atoms with van der Waals surface area (Å²) in [6, 6.07) is 5.37. The van der Waals surface area contributed by atoms with Gasteiger partial charge in [-0.2, -0.15) is 0 Å². The lowest BCUT2D eigenvalue weighted by atomic mass is 10.1. The molecular formula is C14H10Br2F3N. The van der Waals surface area contributed by atoms with E-state index in [9.17, 15) is 13.2 Å². The zero-order valence-electron chi connectivity index (χ0n) is 10.4. The van der Waals surface area contributed by atoms with E-state index in [1.165, 1.54) is 18.2 Å². The van der Waals surface area contributed by atoms with Gasteiger partial charge in [-0.25, -0.2) is 13.2 Å². The van der Waals surface area contributed by atoms with E-state index in [0.29, 0.717) is 10.2 Å². The second-order valence-corrected chi connectivity index (χ2v) is 5.97. The average molecular weight is 409 g/mol. The molecule has 0 fully saturated rings. The molecule has 0 aliphatic carbocycles. The van der Waals surface area contributed by atoms with Crippen molar-refractivity contribution in [1.82, 2.24) is 0 Å². The number of hydrogen-bond donors (Lipinski definition) is 1. The molecule has 0 radical (unpaired) electrons. The van der Waals surface area contributed by atoms with Crippen LogP contribution in [-0.4, -0.2) is 0 Å². The molecule has 1 N–H and O–H groups in total. The van der Waals surface area contributed by atoms with Gasteiger partial charge in [-0.1, -0.05) is 0 Å². The highest BCUT2D eigenvalue weighted by Gasteiger charge is 2.13. The molecule has 2 aromatic carbocycles. The van der Waals surface area contributed by atoms with E-state index >= 15 is 0 Å². The summed E-state index contributed by atoms with van der Waals surface area (Å²) in [6.07, 6.45) is 0. The topological polar surface area (TPSA) is 12.0 Å². The molecule has 0 bridgehead atoms. The van der Waals surface area contributed by atoms with Crippen LogP contribution in [0, 0.1) is 24.4 Å². The van der Waals surface area contributed by atoms with E-state index < -0.39 is 17.5 Å². The molecule has 0 spiro atoms. The number of anilines is 1. The largest absolute Gasteiger partial charge is 0.380 e. The summed E-state index contributed by atoms with van der Waals surface area (Å²) in [5.74, 6) is -1.74. The van der Waals surface area contributed by atoms with E-state index in [1.54, 1.807) is 13.0 Å². The summed E-state index contributed by atoms with van der Waals surface area (Å²) in [5, 5.41) is 2.84. The summed E-state index contributed by atoms with van der Waals surface area (Å²) in [7, 11) is 0. The molecular weight excluding hydrogens is 399 g/mol. The predicted molar refractivity (Wildman–Crippen MR) is 80.2 cm³/mol. The maximum atomic E-state index is 13.8. The van der Waals surface area contributed by atoms with Gasteiger partial charge in [0.05, 0.1) is 8.95 Å². The predicted octanol–water partition coefficient (Wildman–Crippen LogP) is 5.55. The van der Waals surface area contributed by atoms with Crippen LogP contribution in [0.1, 0.15) is 11.1 Å². The van der Waals surface area contributed by atoms with Crippen molar-refractivity contribution in [3.8, 4) is 0 Å². The number of benzene rings is 2. The van der Waals surface area contributed by atoms with Crippen LogP contribution in [0.5, 0.6) is 0 Å². The van der Waals surface area contributed by atoms with Gasteiger partial charge in [0.15, 0.2) is 0 Å². The second kappa shape index (κ2) is 6.18. The quantitative estimate of drug-likeness (QED) is 0.656. The van der Waals surface area contributed by atoms with Crippen molar-refractivity contribution >= 4 is 37.5 Å². The van der Waals surface area contributed by atoms with Gasteiger partial charge in [0, 0.05) is 17.8 Å². The SMILES string of the molecule is Cc1cc(Br)c(F)cc1NCc1c(F)ccc(Br)c1F. The Morgan fingerprint density at radius 1 is 1.00 bits per heavy atom. The molecule has 6 heteroatoms. The van der Waals surface area contributed by atoms with Crippen molar-refractivity contribution < 1.29 is 13.2 Å². The maximum Gasteiger partial charge on any atom is 0.145 e. The normalized spacial score (nSPS) is 10.7. The Bertz CT molecular complexity index is 659. The van der Waals surface area contributed by atoms with Crippen LogP contribution >= 0.6 is 31.9 Å². The summed E-state index contributed by atoms with van der Waals surface area (Å²) >= 11 is 6.09. The smallest absolute Gasteiger partial charge is 0.145 e. The summed E-state index contributed by atoms with van der Waals surface area (Å²) in [4.78, 5) is 0. The van der Waals surface area contributed by atoms with Gasteiger partial charge in [-0.3, -0.25) is 0 Å². The van der Waals surface area contributed by atoms with Gasteiger partial charge in [0.2, 0.25) is 0 Å². The van der Waals surface area contributed by atoms with Gasteiger partial charge in [0.25, 0.3) is 0 Å². The third kappa shape index (κ3) is 3.17. The Kier molecular flexibility index (Phi) is 4.75. The summed E-state index contributed by atoms with van der Waals surface area (Å²) in [5.41, 5.74) is 1.17. The maximum absolute atomic E-state index is 13.8. The van der Waals surface area contributed by atoms with E-state index in [1.807, 2.05) is 0 Å². The van der Waals surface area contributed by atoms with Crippen molar-refractivity contribution in [2.75, 3.05) is 5.32 Å². The molecule has 0 unspecified atom stereocenters. The molecule has 0 aliphatic rings. The van der Waals surface area contributed by atoms with Crippen LogP contribution in [0.2, 0.25) is 0 Å². The lowest BCUT2D eigenvalue weighted by Gasteiger charge is -2.12. The number of aryl methyl sites for hydroxylation is 1. The van der Waals surface area contributed by atoms with Crippen LogP contribution in [0.25, 0.3) is 0 Å². The van der Waals surface area contributed by atoms with Crippen LogP contribution in [0.4, 0.5) is 18.9 Å².